The number of benzene rings is 2. The molecule has 1 aliphatic heterocycles. The summed E-state index contributed by atoms with van der Waals surface area (Å²) < 4.78 is 13.2. The minimum absolute atomic E-state index is 0.0610. The van der Waals surface area contributed by atoms with Gasteiger partial charge in [0, 0.05) is 12.0 Å². The Hall–Kier alpha value is -2.28. The third-order valence-corrected chi connectivity index (χ3v) is 5.61. The van der Waals surface area contributed by atoms with Crippen LogP contribution < -0.4 is 16.3 Å². The molecule has 142 valence electrons. The molecule has 2 aromatic rings. The van der Waals surface area contributed by atoms with E-state index in [1.807, 2.05) is 42.5 Å². The van der Waals surface area contributed by atoms with Crippen molar-refractivity contribution in [1.29, 1.82) is 0 Å². The maximum Gasteiger partial charge on any atom is 0.246 e. The van der Waals surface area contributed by atoms with Gasteiger partial charge in [0.25, 0.3) is 0 Å². The molecule has 5 nitrogen and oxygen atoms in total. The molecule has 0 bridgehead atoms. The summed E-state index contributed by atoms with van der Waals surface area (Å²) in [7, 11) is 0. The van der Waals surface area contributed by atoms with Gasteiger partial charge in [0.2, 0.25) is 5.91 Å². The Morgan fingerprint density at radius 1 is 1.07 bits per heavy atom. The Labute approximate surface area is 158 Å². The zero-order chi connectivity index (χ0) is 18.6. The standard InChI is InChI=1S/C21H24FN3O2/c22-17-9-6-15(7-10-17)20-18-12-16(8-11-19(18)23-24-20)21(26)25-27-13-14-4-2-1-3-5-14/h1-7,9-10,16,18-20,23-24H,8,11-13H2,(H,25,26). The van der Waals surface area contributed by atoms with Crippen LogP contribution in [0.2, 0.25) is 0 Å². The largest absolute Gasteiger partial charge is 0.272 e. The molecule has 1 aliphatic carbocycles. The van der Waals surface area contributed by atoms with Crippen LogP contribution in [0.5, 0.6) is 0 Å². The summed E-state index contributed by atoms with van der Waals surface area (Å²) >= 11 is 0. The van der Waals surface area contributed by atoms with Crippen LogP contribution in [-0.4, -0.2) is 11.9 Å². The van der Waals surface area contributed by atoms with Gasteiger partial charge in [0.1, 0.15) is 5.82 Å². The van der Waals surface area contributed by atoms with E-state index in [0.717, 1.165) is 30.4 Å². The van der Waals surface area contributed by atoms with Crippen LogP contribution in [0.4, 0.5) is 4.39 Å². The van der Waals surface area contributed by atoms with Crippen molar-refractivity contribution in [2.45, 2.75) is 38.0 Å². The molecule has 3 N–H and O–H groups in total. The van der Waals surface area contributed by atoms with Gasteiger partial charge in [0.05, 0.1) is 12.6 Å². The van der Waals surface area contributed by atoms with E-state index < -0.39 is 0 Å². The average Bonchev–Trinajstić information content (AvgIpc) is 3.12. The maximum absolute atomic E-state index is 13.2. The van der Waals surface area contributed by atoms with Gasteiger partial charge in [0.15, 0.2) is 0 Å². The van der Waals surface area contributed by atoms with Crippen molar-refractivity contribution in [1.82, 2.24) is 16.3 Å². The van der Waals surface area contributed by atoms with E-state index in [1.165, 1.54) is 12.1 Å². The number of fused-ring (bicyclic) bond motifs is 1. The molecule has 2 aromatic carbocycles. The highest BCUT2D eigenvalue weighted by Crippen LogP contribution is 2.40. The Balaban J connectivity index is 1.33. The lowest BCUT2D eigenvalue weighted by atomic mass is 9.74. The van der Waals surface area contributed by atoms with Crippen LogP contribution >= 0.6 is 0 Å². The third-order valence-electron chi connectivity index (χ3n) is 5.61. The number of halogens is 1. The van der Waals surface area contributed by atoms with E-state index in [4.69, 9.17) is 4.84 Å². The highest BCUT2D eigenvalue weighted by molar-refractivity contribution is 5.77. The van der Waals surface area contributed by atoms with Crippen molar-refractivity contribution < 1.29 is 14.0 Å². The molecular weight excluding hydrogens is 345 g/mol. The van der Waals surface area contributed by atoms with Gasteiger partial charge in [-0.1, -0.05) is 42.5 Å². The number of hydrazine groups is 1. The smallest absolute Gasteiger partial charge is 0.246 e. The Kier molecular flexibility index (Phi) is 5.48. The van der Waals surface area contributed by atoms with Crippen LogP contribution in [0, 0.1) is 17.7 Å². The second-order valence-electron chi connectivity index (χ2n) is 7.34. The fraction of sp³-hybridized carbons (Fsp3) is 0.381. The van der Waals surface area contributed by atoms with Gasteiger partial charge >= 0.3 is 0 Å². The van der Waals surface area contributed by atoms with Crippen molar-refractivity contribution in [3.05, 3.63) is 71.5 Å². The fourth-order valence-corrected chi connectivity index (χ4v) is 4.14. The predicted molar refractivity (Wildman–Crippen MR) is 99.4 cm³/mol. The lowest BCUT2D eigenvalue weighted by Gasteiger charge is -2.32. The van der Waals surface area contributed by atoms with E-state index in [-0.39, 0.29) is 29.6 Å². The summed E-state index contributed by atoms with van der Waals surface area (Å²) in [5.74, 6) is -0.0902. The number of amides is 1. The minimum atomic E-state index is -0.238. The maximum atomic E-state index is 13.2. The topological polar surface area (TPSA) is 62.4 Å². The number of hydroxylamine groups is 1. The Morgan fingerprint density at radius 3 is 2.63 bits per heavy atom. The van der Waals surface area contributed by atoms with Crippen molar-refractivity contribution in [3.8, 4) is 0 Å². The van der Waals surface area contributed by atoms with E-state index in [1.54, 1.807) is 0 Å². The highest BCUT2D eigenvalue weighted by Gasteiger charge is 2.42. The lowest BCUT2D eigenvalue weighted by molar-refractivity contribution is -0.140. The molecule has 0 radical (unpaired) electrons. The van der Waals surface area contributed by atoms with Crippen molar-refractivity contribution in [3.63, 3.8) is 0 Å². The molecule has 1 saturated carbocycles. The molecule has 6 heteroatoms. The molecule has 27 heavy (non-hydrogen) atoms. The second kappa shape index (κ2) is 8.17. The van der Waals surface area contributed by atoms with Gasteiger partial charge in [-0.2, -0.15) is 0 Å². The van der Waals surface area contributed by atoms with Gasteiger partial charge in [-0.05, 0) is 48.4 Å². The van der Waals surface area contributed by atoms with E-state index in [0.29, 0.717) is 12.6 Å². The molecule has 0 aromatic heterocycles. The van der Waals surface area contributed by atoms with Crippen LogP contribution in [0.3, 0.4) is 0 Å². The summed E-state index contributed by atoms with van der Waals surface area (Å²) in [5, 5.41) is 0. The zero-order valence-electron chi connectivity index (χ0n) is 15.0. The molecule has 0 spiro atoms. The zero-order valence-corrected chi connectivity index (χ0v) is 15.0. The van der Waals surface area contributed by atoms with E-state index in [2.05, 4.69) is 16.3 Å². The number of carbonyl (C=O) groups excluding carboxylic acids is 1. The highest BCUT2D eigenvalue weighted by atomic mass is 19.1. The summed E-state index contributed by atoms with van der Waals surface area (Å²) in [6.45, 7) is 0.354. The quantitative estimate of drug-likeness (QED) is 0.709. The number of carbonyl (C=O) groups is 1. The van der Waals surface area contributed by atoms with Crippen molar-refractivity contribution >= 4 is 5.91 Å². The van der Waals surface area contributed by atoms with Crippen molar-refractivity contribution in [2.75, 3.05) is 0 Å². The van der Waals surface area contributed by atoms with Gasteiger partial charge < -0.3 is 0 Å². The number of hydrogen-bond acceptors (Lipinski definition) is 4. The molecule has 4 atom stereocenters. The first kappa shape index (κ1) is 18.1. The summed E-state index contributed by atoms with van der Waals surface area (Å²) in [6, 6.07) is 16.7. The first-order chi connectivity index (χ1) is 13.2. The first-order valence-corrected chi connectivity index (χ1v) is 9.43. The number of rotatable bonds is 5. The van der Waals surface area contributed by atoms with Crippen LogP contribution in [0.15, 0.2) is 54.6 Å². The first-order valence-electron chi connectivity index (χ1n) is 9.43. The average molecular weight is 369 g/mol. The lowest BCUT2D eigenvalue weighted by Crippen LogP contribution is -2.40. The van der Waals surface area contributed by atoms with Crippen LogP contribution in [-0.2, 0) is 16.2 Å². The summed E-state index contributed by atoms with van der Waals surface area (Å²) in [5.41, 5.74) is 11.3. The molecule has 1 saturated heterocycles. The monoisotopic (exact) mass is 369 g/mol. The molecule has 2 fully saturated rings. The molecule has 2 aliphatic rings. The molecule has 1 heterocycles. The Bertz CT molecular complexity index is 769. The second-order valence-corrected chi connectivity index (χ2v) is 7.34. The summed E-state index contributed by atoms with van der Waals surface area (Å²) in [4.78, 5) is 17.9. The van der Waals surface area contributed by atoms with Gasteiger partial charge in [-0.3, -0.25) is 15.1 Å². The van der Waals surface area contributed by atoms with Crippen LogP contribution in [0.25, 0.3) is 0 Å². The molecule has 4 unspecified atom stereocenters. The van der Waals surface area contributed by atoms with E-state index in [9.17, 15) is 9.18 Å². The van der Waals surface area contributed by atoms with Crippen molar-refractivity contribution in [2.24, 2.45) is 11.8 Å². The fourth-order valence-electron chi connectivity index (χ4n) is 4.14. The molecular formula is C21H24FN3O2. The molecule has 1 amide bonds. The summed E-state index contributed by atoms with van der Waals surface area (Å²) in [6.07, 6.45) is 2.52. The van der Waals surface area contributed by atoms with Crippen LogP contribution in [0.1, 0.15) is 36.4 Å². The molecule has 4 rings (SSSR count). The normalized spacial score (nSPS) is 27.1. The Morgan fingerprint density at radius 2 is 1.85 bits per heavy atom. The predicted octanol–water partition coefficient (Wildman–Crippen LogP) is 3.01. The van der Waals surface area contributed by atoms with Gasteiger partial charge in [-0.25, -0.2) is 15.3 Å². The van der Waals surface area contributed by atoms with Gasteiger partial charge in [-0.15, -0.1) is 0 Å². The number of hydrogen-bond donors (Lipinski definition) is 3. The third kappa shape index (κ3) is 4.18. The minimum Gasteiger partial charge on any atom is -0.272 e. The SMILES string of the molecule is O=C(NOCc1ccccc1)C1CCC2NNC(c3ccc(F)cc3)C2C1. The van der Waals surface area contributed by atoms with E-state index >= 15 is 0 Å². The number of nitrogens with one attached hydrogen (secondary N) is 3.